The molecule has 2 rings (SSSR count). The Hall–Kier alpha value is -1.69. The van der Waals surface area contributed by atoms with Crippen molar-refractivity contribution in [1.29, 1.82) is 0 Å². The van der Waals surface area contributed by atoms with Gasteiger partial charge in [0.25, 0.3) is 0 Å². The Balaban J connectivity index is 2.80. The van der Waals surface area contributed by atoms with E-state index in [1.54, 1.807) is 22.7 Å². The van der Waals surface area contributed by atoms with Crippen LogP contribution >= 0.6 is 12.2 Å². The molecule has 13 heavy (non-hydrogen) atoms. The molecule has 0 atom stereocenters. The van der Waals surface area contributed by atoms with Crippen LogP contribution in [0.5, 0.6) is 0 Å². The number of amides is 1. The van der Waals surface area contributed by atoms with Crippen LogP contribution in [0, 0.1) is 4.77 Å². The third-order valence-corrected chi connectivity index (χ3v) is 1.98. The van der Waals surface area contributed by atoms with E-state index in [1.165, 1.54) is 0 Å². The SMILES string of the molecule is NC(=O)c1ccc2n[nH]c(=S)n2c1. The fraction of sp³-hybridized carbons (Fsp3) is 0. The van der Waals surface area contributed by atoms with Gasteiger partial charge in [0.1, 0.15) is 0 Å². The number of aromatic nitrogens is 3. The first-order valence-corrected chi connectivity index (χ1v) is 3.96. The molecule has 0 saturated heterocycles. The molecule has 0 aliphatic heterocycles. The number of nitrogens with zero attached hydrogens (tertiary/aromatic N) is 2. The number of hydrogen-bond acceptors (Lipinski definition) is 3. The lowest BCUT2D eigenvalue weighted by molar-refractivity contribution is 0.1000. The molecule has 2 aromatic rings. The molecule has 2 aromatic heterocycles. The predicted octanol–water partition coefficient (Wildman–Crippen LogP) is 0.491. The quantitative estimate of drug-likeness (QED) is 0.649. The first kappa shape index (κ1) is 7.93. The molecule has 0 unspecified atom stereocenters. The standard InChI is InChI=1S/C7H6N4OS/c8-6(12)4-1-2-5-9-10-7(13)11(5)3-4/h1-3H,(H2,8,12)(H,10,13). The average Bonchev–Trinajstić information content (AvgIpc) is 2.47. The summed E-state index contributed by atoms with van der Waals surface area (Å²) >= 11 is 4.93. The van der Waals surface area contributed by atoms with Crippen LogP contribution in [0.1, 0.15) is 10.4 Å². The van der Waals surface area contributed by atoms with Gasteiger partial charge in [-0.2, -0.15) is 5.10 Å². The van der Waals surface area contributed by atoms with Gasteiger partial charge >= 0.3 is 0 Å². The van der Waals surface area contributed by atoms with Crippen LogP contribution in [-0.2, 0) is 0 Å². The van der Waals surface area contributed by atoms with Crippen molar-refractivity contribution in [3.63, 3.8) is 0 Å². The van der Waals surface area contributed by atoms with Crippen LogP contribution in [0.4, 0.5) is 0 Å². The van der Waals surface area contributed by atoms with Gasteiger partial charge in [-0.3, -0.25) is 14.3 Å². The van der Waals surface area contributed by atoms with Crippen molar-refractivity contribution in [2.24, 2.45) is 5.73 Å². The Morgan fingerprint density at radius 2 is 2.38 bits per heavy atom. The topological polar surface area (TPSA) is 76.2 Å². The van der Waals surface area contributed by atoms with Gasteiger partial charge in [0.2, 0.25) is 5.91 Å². The summed E-state index contributed by atoms with van der Waals surface area (Å²) in [5.74, 6) is -0.481. The van der Waals surface area contributed by atoms with E-state index in [0.29, 0.717) is 16.0 Å². The van der Waals surface area contributed by atoms with E-state index in [2.05, 4.69) is 10.2 Å². The van der Waals surface area contributed by atoms with E-state index in [9.17, 15) is 4.79 Å². The smallest absolute Gasteiger partial charge is 0.250 e. The number of carbonyl (C=O) groups excluding carboxylic acids is 1. The van der Waals surface area contributed by atoms with Gasteiger partial charge in [-0.15, -0.1) is 0 Å². The number of hydrogen-bond donors (Lipinski definition) is 2. The van der Waals surface area contributed by atoms with Gasteiger partial charge in [-0.25, -0.2) is 0 Å². The molecule has 0 aliphatic rings. The molecule has 2 heterocycles. The van der Waals surface area contributed by atoms with Gasteiger partial charge in [0.05, 0.1) is 5.56 Å². The highest BCUT2D eigenvalue weighted by Crippen LogP contribution is 2.03. The summed E-state index contributed by atoms with van der Waals surface area (Å²) in [6.45, 7) is 0. The summed E-state index contributed by atoms with van der Waals surface area (Å²) in [5, 5.41) is 6.52. The summed E-state index contributed by atoms with van der Waals surface area (Å²) in [5.41, 5.74) is 6.18. The first-order valence-electron chi connectivity index (χ1n) is 3.55. The van der Waals surface area contributed by atoms with Gasteiger partial charge in [0, 0.05) is 6.20 Å². The molecule has 5 nitrogen and oxygen atoms in total. The number of primary amides is 1. The number of pyridine rings is 1. The Labute approximate surface area is 78.2 Å². The highest BCUT2D eigenvalue weighted by atomic mass is 32.1. The van der Waals surface area contributed by atoms with E-state index in [-0.39, 0.29) is 0 Å². The molecule has 0 fully saturated rings. The van der Waals surface area contributed by atoms with E-state index in [4.69, 9.17) is 18.0 Å². The van der Waals surface area contributed by atoms with Crippen LogP contribution in [-0.4, -0.2) is 20.5 Å². The first-order chi connectivity index (χ1) is 6.18. The fourth-order valence-corrected chi connectivity index (χ4v) is 1.24. The van der Waals surface area contributed by atoms with E-state index < -0.39 is 5.91 Å². The second kappa shape index (κ2) is 2.67. The lowest BCUT2D eigenvalue weighted by Crippen LogP contribution is -2.11. The maximum atomic E-state index is 10.8. The highest BCUT2D eigenvalue weighted by molar-refractivity contribution is 7.71. The largest absolute Gasteiger partial charge is 0.366 e. The zero-order valence-corrected chi connectivity index (χ0v) is 7.34. The number of nitrogens with two attached hydrogens (primary N) is 1. The minimum atomic E-state index is -0.481. The number of nitrogens with one attached hydrogen (secondary N) is 1. The molecule has 1 amide bonds. The number of rotatable bonds is 1. The van der Waals surface area contributed by atoms with Crippen molar-refractivity contribution >= 4 is 23.8 Å². The molecule has 0 spiro atoms. The Morgan fingerprint density at radius 3 is 3.08 bits per heavy atom. The van der Waals surface area contributed by atoms with Gasteiger partial charge < -0.3 is 5.73 Å². The molecule has 0 aromatic carbocycles. The number of H-pyrrole nitrogens is 1. The molecule has 0 saturated carbocycles. The third-order valence-electron chi connectivity index (χ3n) is 1.70. The van der Waals surface area contributed by atoms with Crippen LogP contribution in [0.25, 0.3) is 5.65 Å². The molecular formula is C7H6N4OS. The minimum Gasteiger partial charge on any atom is -0.366 e. The van der Waals surface area contributed by atoms with Crippen molar-refractivity contribution in [1.82, 2.24) is 14.6 Å². The predicted molar refractivity (Wildman–Crippen MR) is 48.9 cm³/mol. The molecule has 0 aliphatic carbocycles. The molecule has 6 heteroatoms. The lowest BCUT2D eigenvalue weighted by Gasteiger charge is -1.95. The average molecular weight is 194 g/mol. The lowest BCUT2D eigenvalue weighted by atomic mass is 10.3. The van der Waals surface area contributed by atoms with E-state index in [1.807, 2.05) is 0 Å². The summed E-state index contributed by atoms with van der Waals surface area (Å²) in [6, 6.07) is 3.28. The fourth-order valence-electron chi connectivity index (χ4n) is 1.05. The molecule has 0 radical (unpaired) electrons. The van der Waals surface area contributed by atoms with Crippen LogP contribution < -0.4 is 5.73 Å². The zero-order chi connectivity index (χ0) is 9.42. The Bertz CT molecular complexity index is 527. The Kier molecular flexibility index (Phi) is 1.63. The molecular weight excluding hydrogens is 188 g/mol. The number of carbonyl (C=O) groups is 1. The second-order valence-electron chi connectivity index (χ2n) is 2.54. The maximum absolute atomic E-state index is 10.8. The van der Waals surface area contributed by atoms with Crippen molar-refractivity contribution in [2.75, 3.05) is 0 Å². The molecule has 66 valence electrons. The van der Waals surface area contributed by atoms with Gasteiger partial charge in [-0.05, 0) is 24.4 Å². The van der Waals surface area contributed by atoms with Crippen LogP contribution in [0.2, 0.25) is 0 Å². The zero-order valence-electron chi connectivity index (χ0n) is 6.52. The second-order valence-corrected chi connectivity index (χ2v) is 2.93. The summed E-state index contributed by atoms with van der Waals surface area (Å²) in [6.07, 6.45) is 1.56. The van der Waals surface area contributed by atoms with E-state index >= 15 is 0 Å². The highest BCUT2D eigenvalue weighted by Gasteiger charge is 2.02. The van der Waals surface area contributed by atoms with Crippen LogP contribution in [0.3, 0.4) is 0 Å². The monoisotopic (exact) mass is 194 g/mol. The normalized spacial score (nSPS) is 10.5. The van der Waals surface area contributed by atoms with Crippen molar-refractivity contribution in [3.8, 4) is 0 Å². The van der Waals surface area contributed by atoms with Crippen molar-refractivity contribution < 1.29 is 4.79 Å². The number of fused-ring (bicyclic) bond motifs is 1. The van der Waals surface area contributed by atoms with Crippen molar-refractivity contribution in [2.45, 2.75) is 0 Å². The summed E-state index contributed by atoms with van der Waals surface area (Å²) < 4.78 is 2.04. The van der Waals surface area contributed by atoms with E-state index in [0.717, 1.165) is 0 Å². The Morgan fingerprint density at radius 1 is 1.62 bits per heavy atom. The molecule has 0 bridgehead atoms. The maximum Gasteiger partial charge on any atom is 0.250 e. The van der Waals surface area contributed by atoms with Crippen molar-refractivity contribution in [3.05, 3.63) is 28.7 Å². The minimum absolute atomic E-state index is 0.407. The van der Waals surface area contributed by atoms with Gasteiger partial charge in [0.15, 0.2) is 10.4 Å². The third kappa shape index (κ3) is 1.20. The van der Waals surface area contributed by atoms with Gasteiger partial charge in [-0.1, -0.05) is 0 Å². The summed E-state index contributed by atoms with van der Waals surface area (Å²) in [7, 11) is 0. The molecule has 3 N–H and O–H groups in total. The van der Waals surface area contributed by atoms with Crippen LogP contribution in [0.15, 0.2) is 18.3 Å². The number of aromatic amines is 1. The summed E-state index contributed by atoms with van der Waals surface area (Å²) in [4.78, 5) is 10.8.